The minimum absolute atomic E-state index is 0.282. The molecule has 28 heavy (non-hydrogen) atoms. The Morgan fingerprint density at radius 1 is 0.893 bits per heavy atom. The molecule has 3 aromatic carbocycles. The number of rotatable bonds is 5. The molecule has 0 unspecified atom stereocenters. The highest BCUT2D eigenvalue weighted by atomic mass is 32.1. The molecular formula is C25H28OSSi. The van der Waals surface area contributed by atoms with E-state index in [2.05, 4.69) is 87.7 Å². The minimum Gasteiger partial charge on any atom is -0.508 e. The maximum atomic E-state index is 11.6. The van der Waals surface area contributed by atoms with E-state index in [0.29, 0.717) is 5.75 Å². The third kappa shape index (κ3) is 2.80. The first-order chi connectivity index (χ1) is 13.5. The number of benzene rings is 3. The number of hydrogen-bond donors (Lipinski definition) is 1. The van der Waals surface area contributed by atoms with E-state index in [4.69, 9.17) is 0 Å². The second-order valence-electron chi connectivity index (χ2n) is 8.00. The standard InChI is InChI=1S/C25H28OSSi/c1-5-28(6-2,23-16-27-21-14-10-9-13-20(21)23)22-15-18-11-7-8-12-19(18)24(17(3)4)25(22)26/h7-17,26H,5-6H2,1-4H3. The second kappa shape index (κ2) is 7.38. The fourth-order valence-corrected chi connectivity index (χ4v) is 10.9. The van der Waals surface area contributed by atoms with Crippen molar-refractivity contribution in [3.63, 3.8) is 0 Å². The highest BCUT2D eigenvalue weighted by Crippen LogP contribution is 2.36. The summed E-state index contributed by atoms with van der Waals surface area (Å²) in [5.74, 6) is 0.823. The van der Waals surface area contributed by atoms with Gasteiger partial charge in [0.15, 0.2) is 0 Å². The van der Waals surface area contributed by atoms with Gasteiger partial charge in [0, 0.05) is 10.3 Å². The van der Waals surface area contributed by atoms with Crippen molar-refractivity contribution in [1.29, 1.82) is 0 Å². The number of phenols is 1. The summed E-state index contributed by atoms with van der Waals surface area (Å²) in [4.78, 5) is 0. The fraction of sp³-hybridized carbons (Fsp3) is 0.280. The highest BCUT2D eigenvalue weighted by molar-refractivity contribution is 7.20. The van der Waals surface area contributed by atoms with Gasteiger partial charge in [0.05, 0.1) is 0 Å². The molecule has 144 valence electrons. The van der Waals surface area contributed by atoms with E-state index in [1.807, 2.05) is 11.3 Å². The third-order valence-electron chi connectivity index (χ3n) is 6.36. The van der Waals surface area contributed by atoms with Gasteiger partial charge in [-0.05, 0) is 43.9 Å². The van der Waals surface area contributed by atoms with Gasteiger partial charge in [0.1, 0.15) is 13.8 Å². The molecule has 0 amide bonds. The zero-order chi connectivity index (χ0) is 19.9. The Morgan fingerprint density at radius 2 is 1.54 bits per heavy atom. The van der Waals surface area contributed by atoms with Crippen molar-refractivity contribution >= 4 is 50.6 Å². The Bertz CT molecular complexity index is 1140. The van der Waals surface area contributed by atoms with Crippen LogP contribution in [0, 0.1) is 0 Å². The van der Waals surface area contributed by atoms with Gasteiger partial charge < -0.3 is 5.11 Å². The molecule has 1 nitrogen and oxygen atoms in total. The van der Waals surface area contributed by atoms with Crippen LogP contribution < -0.4 is 10.4 Å². The molecule has 3 heteroatoms. The van der Waals surface area contributed by atoms with Gasteiger partial charge in [-0.25, -0.2) is 0 Å². The lowest BCUT2D eigenvalue weighted by Gasteiger charge is -2.32. The fourth-order valence-electron chi connectivity index (χ4n) is 4.82. The van der Waals surface area contributed by atoms with Gasteiger partial charge >= 0.3 is 0 Å². The molecule has 1 heterocycles. The number of fused-ring (bicyclic) bond motifs is 2. The number of phenolic OH excluding ortho intramolecular Hbond substituents is 1. The van der Waals surface area contributed by atoms with Crippen LogP contribution in [-0.4, -0.2) is 13.2 Å². The molecule has 0 saturated carbocycles. The summed E-state index contributed by atoms with van der Waals surface area (Å²) >= 11 is 1.84. The van der Waals surface area contributed by atoms with E-state index in [1.165, 1.54) is 31.2 Å². The van der Waals surface area contributed by atoms with Crippen molar-refractivity contribution in [3.8, 4) is 5.75 Å². The van der Waals surface area contributed by atoms with Crippen LogP contribution in [0.4, 0.5) is 0 Å². The van der Waals surface area contributed by atoms with Crippen LogP contribution >= 0.6 is 11.3 Å². The van der Waals surface area contributed by atoms with Gasteiger partial charge in [0.2, 0.25) is 0 Å². The summed E-state index contributed by atoms with van der Waals surface area (Å²) in [7, 11) is -2.09. The van der Waals surface area contributed by atoms with Crippen molar-refractivity contribution in [2.24, 2.45) is 0 Å². The van der Waals surface area contributed by atoms with Crippen LogP contribution in [0.5, 0.6) is 5.75 Å². The molecule has 0 bridgehead atoms. The lowest BCUT2D eigenvalue weighted by atomic mass is 9.95. The van der Waals surface area contributed by atoms with E-state index in [0.717, 1.165) is 17.7 Å². The average Bonchev–Trinajstić information content (AvgIpc) is 3.14. The molecule has 0 spiro atoms. The summed E-state index contributed by atoms with van der Waals surface area (Å²) in [6.45, 7) is 9.00. The van der Waals surface area contributed by atoms with Crippen molar-refractivity contribution in [1.82, 2.24) is 0 Å². The number of aromatic hydroxyl groups is 1. The monoisotopic (exact) mass is 404 g/mol. The van der Waals surface area contributed by atoms with Gasteiger partial charge in [-0.3, -0.25) is 0 Å². The van der Waals surface area contributed by atoms with Crippen molar-refractivity contribution in [3.05, 3.63) is 65.5 Å². The Hall–Kier alpha value is -2.10. The quantitative estimate of drug-likeness (QED) is 0.377. The summed E-state index contributed by atoms with van der Waals surface area (Å²) < 4.78 is 1.35. The van der Waals surface area contributed by atoms with Crippen LogP contribution in [0.1, 0.15) is 39.2 Å². The molecule has 0 atom stereocenters. The normalized spacial score (nSPS) is 12.3. The maximum Gasteiger partial charge on any atom is 0.124 e. The van der Waals surface area contributed by atoms with Gasteiger partial charge in [-0.1, -0.05) is 88.3 Å². The molecule has 0 saturated heterocycles. The van der Waals surface area contributed by atoms with E-state index in [9.17, 15) is 5.11 Å². The minimum atomic E-state index is -2.09. The van der Waals surface area contributed by atoms with Crippen LogP contribution in [0.3, 0.4) is 0 Å². The van der Waals surface area contributed by atoms with Crippen LogP contribution in [0.2, 0.25) is 12.1 Å². The van der Waals surface area contributed by atoms with Crippen molar-refractivity contribution in [2.75, 3.05) is 0 Å². The van der Waals surface area contributed by atoms with Crippen LogP contribution in [0.25, 0.3) is 20.9 Å². The zero-order valence-corrected chi connectivity index (χ0v) is 18.9. The van der Waals surface area contributed by atoms with Crippen molar-refractivity contribution < 1.29 is 5.11 Å². The highest BCUT2D eigenvalue weighted by Gasteiger charge is 2.39. The van der Waals surface area contributed by atoms with E-state index in [1.54, 1.807) is 0 Å². The molecule has 0 aliphatic rings. The summed E-state index contributed by atoms with van der Waals surface area (Å²) in [5.41, 5.74) is 1.10. The van der Waals surface area contributed by atoms with E-state index < -0.39 is 8.07 Å². The Morgan fingerprint density at radius 3 is 2.21 bits per heavy atom. The van der Waals surface area contributed by atoms with E-state index in [-0.39, 0.29) is 5.92 Å². The molecule has 0 fully saturated rings. The van der Waals surface area contributed by atoms with E-state index >= 15 is 0 Å². The molecule has 1 aromatic heterocycles. The molecule has 0 radical (unpaired) electrons. The molecule has 1 N–H and O–H groups in total. The van der Waals surface area contributed by atoms with Crippen LogP contribution in [-0.2, 0) is 0 Å². The summed E-state index contributed by atoms with van der Waals surface area (Å²) in [6.07, 6.45) is 0. The van der Waals surface area contributed by atoms with Crippen LogP contribution in [0.15, 0.2) is 60.0 Å². The molecule has 4 rings (SSSR count). The first-order valence-corrected chi connectivity index (χ1v) is 13.5. The van der Waals surface area contributed by atoms with Gasteiger partial charge in [0.25, 0.3) is 0 Å². The summed E-state index contributed by atoms with van der Waals surface area (Å²) in [5, 5.41) is 20.4. The Balaban J connectivity index is 2.09. The number of thiophene rings is 1. The van der Waals surface area contributed by atoms with Crippen molar-refractivity contribution in [2.45, 2.75) is 45.7 Å². The van der Waals surface area contributed by atoms with Gasteiger partial charge in [-0.15, -0.1) is 11.3 Å². The molecular weight excluding hydrogens is 376 g/mol. The maximum absolute atomic E-state index is 11.6. The molecule has 4 aromatic rings. The Kier molecular flexibility index (Phi) is 5.07. The molecule has 0 aliphatic carbocycles. The summed E-state index contributed by atoms with van der Waals surface area (Å²) in [6, 6.07) is 21.7. The number of hydrogen-bond acceptors (Lipinski definition) is 2. The molecule has 0 aliphatic heterocycles. The van der Waals surface area contributed by atoms with Gasteiger partial charge in [-0.2, -0.15) is 0 Å². The first-order valence-electron chi connectivity index (χ1n) is 10.2. The smallest absolute Gasteiger partial charge is 0.124 e. The zero-order valence-electron chi connectivity index (χ0n) is 17.1. The average molecular weight is 405 g/mol. The topological polar surface area (TPSA) is 20.2 Å². The predicted molar refractivity (Wildman–Crippen MR) is 128 cm³/mol. The largest absolute Gasteiger partial charge is 0.508 e. The first kappa shape index (κ1) is 19.2. The Labute approximate surface area is 172 Å². The second-order valence-corrected chi connectivity index (χ2v) is 13.6. The lowest BCUT2D eigenvalue weighted by molar-refractivity contribution is 0.470. The predicted octanol–water partition coefficient (Wildman–Crippen LogP) is 6.49. The third-order valence-corrected chi connectivity index (χ3v) is 12.8. The SMILES string of the molecule is CC[Si](CC)(c1cc2ccccc2c(C(C)C)c1O)c1csc2ccccc12. The lowest BCUT2D eigenvalue weighted by Crippen LogP contribution is -2.57.